The van der Waals surface area contributed by atoms with Crippen molar-refractivity contribution in [2.24, 2.45) is 11.7 Å². The first-order chi connectivity index (χ1) is 10.1. The summed E-state index contributed by atoms with van der Waals surface area (Å²) in [6, 6.07) is 9.03. The maximum absolute atomic E-state index is 6.03. The van der Waals surface area contributed by atoms with Gasteiger partial charge in [-0.3, -0.25) is 4.90 Å². The third-order valence-electron chi connectivity index (χ3n) is 4.44. The molecule has 21 heavy (non-hydrogen) atoms. The van der Waals surface area contributed by atoms with Crippen LogP contribution in [0, 0.1) is 5.92 Å². The van der Waals surface area contributed by atoms with Crippen LogP contribution in [0.5, 0.6) is 0 Å². The second-order valence-corrected chi connectivity index (χ2v) is 6.23. The van der Waals surface area contributed by atoms with Crippen LogP contribution >= 0.6 is 0 Å². The van der Waals surface area contributed by atoms with Gasteiger partial charge >= 0.3 is 0 Å². The molecular weight excluding hydrogens is 262 g/mol. The van der Waals surface area contributed by atoms with Gasteiger partial charge in [0.2, 0.25) is 0 Å². The van der Waals surface area contributed by atoms with Crippen LogP contribution in [-0.2, 0) is 4.74 Å². The van der Waals surface area contributed by atoms with Crippen molar-refractivity contribution in [2.75, 3.05) is 52.3 Å². The highest BCUT2D eigenvalue weighted by Gasteiger charge is 2.21. The molecule has 2 N–H and O–H groups in total. The Bertz CT molecular complexity index is 413. The molecule has 0 bridgehead atoms. The molecule has 4 heteroatoms. The van der Waals surface area contributed by atoms with Crippen molar-refractivity contribution in [1.29, 1.82) is 0 Å². The quantitative estimate of drug-likeness (QED) is 0.871. The molecule has 1 aromatic carbocycles. The van der Waals surface area contributed by atoms with Crippen molar-refractivity contribution in [1.82, 2.24) is 4.90 Å². The zero-order valence-electron chi connectivity index (χ0n) is 13.6. The van der Waals surface area contributed by atoms with E-state index in [0.29, 0.717) is 12.6 Å². The largest absolute Gasteiger partial charge is 0.381 e. The van der Waals surface area contributed by atoms with Crippen LogP contribution in [0.1, 0.15) is 24.4 Å². The highest BCUT2D eigenvalue weighted by molar-refractivity contribution is 5.46. The van der Waals surface area contributed by atoms with Crippen molar-refractivity contribution >= 4 is 5.69 Å². The van der Waals surface area contributed by atoms with E-state index in [2.05, 4.69) is 55.2 Å². The number of nitrogens with zero attached hydrogens (tertiary/aromatic N) is 2. The number of hydrogen-bond donors (Lipinski definition) is 1. The summed E-state index contributed by atoms with van der Waals surface area (Å²) < 4.78 is 5.44. The van der Waals surface area contributed by atoms with Crippen LogP contribution < -0.4 is 10.6 Å². The lowest BCUT2D eigenvalue weighted by Crippen LogP contribution is -2.36. The fourth-order valence-electron chi connectivity index (χ4n) is 3.03. The maximum Gasteiger partial charge on any atom is 0.0469 e. The molecule has 1 aliphatic rings. The zero-order valence-corrected chi connectivity index (χ0v) is 13.6. The minimum Gasteiger partial charge on any atom is -0.381 e. The van der Waals surface area contributed by atoms with Gasteiger partial charge in [-0.15, -0.1) is 0 Å². The summed E-state index contributed by atoms with van der Waals surface area (Å²) in [7, 11) is 6.31. The van der Waals surface area contributed by atoms with E-state index in [9.17, 15) is 0 Å². The second-order valence-electron chi connectivity index (χ2n) is 6.23. The average Bonchev–Trinajstić information content (AvgIpc) is 2.49. The van der Waals surface area contributed by atoms with Gasteiger partial charge < -0.3 is 15.4 Å². The molecule has 0 aromatic heterocycles. The summed E-state index contributed by atoms with van der Waals surface area (Å²) in [5.74, 6) is 0.735. The lowest BCUT2D eigenvalue weighted by atomic mass is 9.97. The summed E-state index contributed by atoms with van der Waals surface area (Å²) in [5.41, 5.74) is 8.56. The van der Waals surface area contributed by atoms with E-state index in [0.717, 1.165) is 25.7 Å². The van der Waals surface area contributed by atoms with Crippen LogP contribution in [0.3, 0.4) is 0 Å². The molecule has 1 heterocycles. The summed E-state index contributed by atoms with van der Waals surface area (Å²) >= 11 is 0. The molecule has 2 rings (SSSR count). The highest BCUT2D eigenvalue weighted by Crippen LogP contribution is 2.24. The van der Waals surface area contributed by atoms with Gasteiger partial charge in [-0.25, -0.2) is 0 Å². The molecule has 1 unspecified atom stereocenters. The highest BCUT2D eigenvalue weighted by atomic mass is 16.5. The normalized spacial score (nSPS) is 18.0. The number of likely N-dealkylation sites (N-methyl/N-ethyl adjacent to an activating group) is 1. The summed E-state index contributed by atoms with van der Waals surface area (Å²) in [4.78, 5) is 4.52. The summed E-state index contributed by atoms with van der Waals surface area (Å²) in [6.45, 7) is 3.56. The minimum atomic E-state index is 0.295. The lowest BCUT2D eigenvalue weighted by molar-refractivity contribution is 0.0507. The summed E-state index contributed by atoms with van der Waals surface area (Å²) in [6.07, 6.45) is 2.34. The predicted molar refractivity (Wildman–Crippen MR) is 88.7 cm³/mol. The molecule has 1 fully saturated rings. The second kappa shape index (κ2) is 7.78. The SMILES string of the molecule is CN(C)c1ccc(C(CN)N(C)CC2CCOCC2)cc1. The van der Waals surface area contributed by atoms with Crippen LogP contribution in [0.15, 0.2) is 24.3 Å². The fraction of sp³-hybridized carbons (Fsp3) is 0.647. The Morgan fingerprint density at radius 1 is 1.14 bits per heavy atom. The standard InChI is InChI=1S/C17H29N3O/c1-19(2)16-6-4-15(5-7-16)17(12-18)20(3)13-14-8-10-21-11-9-14/h4-7,14,17H,8-13,18H2,1-3H3. The Balaban J connectivity index is 2.00. The molecule has 0 saturated carbocycles. The van der Waals surface area contributed by atoms with Crippen LogP contribution in [0.25, 0.3) is 0 Å². The van der Waals surface area contributed by atoms with Crippen LogP contribution in [0.2, 0.25) is 0 Å². The molecule has 0 spiro atoms. The van der Waals surface area contributed by atoms with Gasteiger partial charge in [0.05, 0.1) is 0 Å². The molecule has 1 aliphatic heterocycles. The Morgan fingerprint density at radius 3 is 2.29 bits per heavy atom. The van der Waals surface area contributed by atoms with E-state index in [1.54, 1.807) is 0 Å². The first-order valence-electron chi connectivity index (χ1n) is 7.87. The van der Waals surface area contributed by atoms with Gasteiger partial charge in [-0.05, 0) is 43.5 Å². The molecule has 0 aliphatic carbocycles. The van der Waals surface area contributed by atoms with Crippen molar-refractivity contribution < 1.29 is 4.74 Å². The van der Waals surface area contributed by atoms with Gasteiger partial charge in [0.1, 0.15) is 0 Å². The number of rotatable bonds is 6. The fourth-order valence-corrected chi connectivity index (χ4v) is 3.03. The van der Waals surface area contributed by atoms with E-state index in [1.807, 2.05) is 0 Å². The van der Waals surface area contributed by atoms with Crippen molar-refractivity contribution in [3.8, 4) is 0 Å². The van der Waals surface area contributed by atoms with E-state index < -0.39 is 0 Å². The van der Waals surface area contributed by atoms with E-state index in [1.165, 1.54) is 24.1 Å². The third kappa shape index (κ3) is 4.43. The Kier molecular flexibility index (Phi) is 6.03. The van der Waals surface area contributed by atoms with E-state index in [4.69, 9.17) is 10.5 Å². The minimum absolute atomic E-state index is 0.295. The number of ether oxygens (including phenoxy) is 1. The first kappa shape index (κ1) is 16.3. The van der Waals surface area contributed by atoms with Gasteiger partial charge in [0.25, 0.3) is 0 Å². The molecule has 1 saturated heterocycles. The van der Waals surface area contributed by atoms with E-state index in [-0.39, 0.29) is 0 Å². The number of benzene rings is 1. The zero-order chi connectivity index (χ0) is 15.2. The Morgan fingerprint density at radius 2 is 1.76 bits per heavy atom. The molecule has 118 valence electrons. The van der Waals surface area contributed by atoms with Gasteiger partial charge in [0.15, 0.2) is 0 Å². The topological polar surface area (TPSA) is 41.7 Å². The predicted octanol–water partition coefficient (Wildman–Crippen LogP) is 2.11. The molecule has 1 atom stereocenters. The van der Waals surface area contributed by atoms with E-state index >= 15 is 0 Å². The van der Waals surface area contributed by atoms with Crippen molar-refractivity contribution in [3.63, 3.8) is 0 Å². The van der Waals surface area contributed by atoms with Gasteiger partial charge in [-0.2, -0.15) is 0 Å². The number of nitrogens with two attached hydrogens (primary N) is 1. The molecular formula is C17H29N3O. The number of hydrogen-bond acceptors (Lipinski definition) is 4. The molecule has 4 nitrogen and oxygen atoms in total. The van der Waals surface area contributed by atoms with Crippen molar-refractivity contribution in [2.45, 2.75) is 18.9 Å². The van der Waals surface area contributed by atoms with Crippen LogP contribution in [-0.4, -0.2) is 52.3 Å². The first-order valence-corrected chi connectivity index (χ1v) is 7.87. The van der Waals surface area contributed by atoms with Gasteiger partial charge in [0, 0.05) is 52.1 Å². The lowest BCUT2D eigenvalue weighted by Gasteiger charge is -2.32. The van der Waals surface area contributed by atoms with Crippen molar-refractivity contribution in [3.05, 3.63) is 29.8 Å². The van der Waals surface area contributed by atoms with Gasteiger partial charge in [-0.1, -0.05) is 12.1 Å². The molecule has 0 radical (unpaired) electrons. The third-order valence-corrected chi connectivity index (χ3v) is 4.44. The smallest absolute Gasteiger partial charge is 0.0469 e. The monoisotopic (exact) mass is 291 g/mol. The average molecular weight is 291 g/mol. The Labute approximate surface area is 128 Å². The van der Waals surface area contributed by atoms with Crippen LogP contribution in [0.4, 0.5) is 5.69 Å². The molecule has 0 amide bonds. The Hall–Kier alpha value is -1.10. The summed E-state index contributed by atoms with van der Waals surface area (Å²) in [5, 5.41) is 0. The maximum atomic E-state index is 6.03. The molecule has 1 aromatic rings. The number of anilines is 1.